The summed E-state index contributed by atoms with van der Waals surface area (Å²) in [5.41, 5.74) is 5.53. The van der Waals surface area contributed by atoms with E-state index >= 15 is 0 Å². The standard InChI is InChI=1S/C10H11BrN4O4S/c11-5-3-7(9(12)13-4-5)20(18,19)15-6-1-2-8(16)14-10(6)17/h3-4,6,15H,1-2H2,(H2,12,13)(H,14,16,17). The van der Waals surface area contributed by atoms with Crippen molar-refractivity contribution >= 4 is 43.6 Å². The average molecular weight is 363 g/mol. The molecule has 8 nitrogen and oxygen atoms in total. The third-order valence-corrected chi connectivity index (χ3v) is 4.61. The van der Waals surface area contributed by atoms with Crippen LogP contribution in [0.15, 0.2) is 21.6 Å². The van der Waals surface area contributed by atoms with Crippen LogP contribution in [0.4, 0.5) is 5.82 Å². The minimum absolute atomic E-state index is 0.0745. The van der Waals surface area contributed by atoms with Crippen LogP contribution in [-0.2, 0) is 19.6 Å². The Morgan fingerprint density at radius 1 is 1.45 bits per heavy atom. The van der Waals surface area contributed by atoms with E-state index in [9.17, 15) is 18.0 Å². The number of hydrogen-bond acceptors (Lipinski definition) is 6. The number of anilines is 1. The minimum Gasteiger partial charge on any atom is -0.383 e. The fraction of sp³-hybridized carbons (Fsp3) is 0.300. The maximum atomic E-state index is 12.2. The SMILES string of the molecule is Nc1ncc(Br)cc1S(=O)(=O)NC1CCC(=O)NC1=O. The molecule has 0 spiro atoms. The van der Waals surface area contributed by atoms with E-state index in [1.54, 1.807) is 0 Å². The summed E-state index contributed by atoms with van der Waals surface area (Å²) in [6.07, 6.45) is 1.54. The molecule has 1 aliphatic heterocycles. The molecule has 1 aliphatic rings. The van der Waals surface area contributed by atoms with Crippen LogP contribution in [0.2, 0.25) is 0 Å². The Morgan fingerprint density at radius 3 is 2.80 bits per heavy atom. The van der Waals surface area contributed by atoms with E-state index in [1.165, 1.54) is 12.3 Å². The first-order valence-electron chi connectivity index (χ1n) is 5.56. The molecule has 0 radical (unpaired) electrons. The first kappa shape index (κ1) is 14.9. The van der Waals surface area contributed by atoms with E-state index in [0.717, 1.165) is 0 Å². The van der Waals surface area contributed by atoms with Crippen molar-refractivity contribution in [1.29, 1.82) is 0 Å². The summed E-state index contributed by atoms with van der Waals surface area (Å²) >= 11 is 3.10. The fourth-order valence-corrected chi connectivity index (χ4v) is 3.52. The quantitative estimate of drug-likeness (QED) is 0.621. The third kappa shape index (κ3) is 3.14. The van der Waals surface area contributed by atoms with Crippen molar-refractivity contribution in [3.63, 3.8) is 0 Å². The number of aromatic nitrogens is 1. The second-order valence-corrected chi connectivity index (χ2v) is 6.76. The molecule has 2 rings (SSSR count). The number of amides is 2. The van der Waals surface area contributed by atoms with E-state index in [1.807, 2.05) is 0 Å². The van der Waals surface area contributed by atoms with Crippen molar-refractivity contribution in [2.24, 2.45) is 0 Å². The largest absolute Gasteiger partial charge is 0.383 e. The Bertz CT molecular complexity index is 676. The van der Waals surface area contributed by atoms with Crippen LogP contribution in [0.5, 0.6) is 0 Å². The molecule has 1 fully saturated rings. The zero-order valence-electron chi connectivity index (χ0n) is 10.1. The molecule has 1 aromatic heterocycles. The normalized spacial score (nSPS) is 19.8. The summed E-state index contributed by atoms with van der Waals surface area (Å²) in [5, 5.41) is 2.07. The van der Waals surface area contributed by atoms with Crippen molar-refractivity contribution < 1.29 is 18.0 Å². The second-order valence-electron chi connectivity index (χ2n) is 4.16. The van der Waals surface area contributed by atoms with Crippen LogP contribution in [0.3, 0.4) is 0 Å². The molecule has 10 heteroatoms. The molecule has 2 heterocycles. The number of nitrogens with zero attached hydrogens (tertiary/aromatic N) is 1. The second kappa shape index (κ2) is 5.46. The molecule has 0 bridgehead atoms. The highest BCUT2D eigenvalue weighted by atomic mass is 79.9. The Morgan fingerprint density at radius 2 is 2.15 bits per heavy atom. The van der Waals surface area contributed by atoms with Crippen molar-refractivity contribution in [2.45, 2.75) is 23.8 Å². The molecule has 20 heavy (non-hydrogen) atoms. The lowest BCUT2D eigenvalue weighted by Crippen LogP contribution is -2.52. The zero-order valence-corrected chi connectivity index (χ0v) is 12.5. The molecule has 4 N–H and O–H groups in total. The number of sulfonamides is 1. The number of piperidine rings is 1. The highest BCUT2D eigenvalue weighted by Gasteiger charge is 2.31. The summed E-state index contributed by atoms with van der Waals surface area (Å²) in [7, 11) is -4.00. The summed E-state index contributed by atoms with van der Waals surface area (Å²) in [6, 6.07) is 0.285. The maximum Gasteiger partial charge on any atom is 0.244 e. The number of rotatable bonds is 3. The van der Waals surface area contributed by atoms with Gasteiger partial charge in [0.15, 0.2) is 0 Å². The van der Waals surface area contributed by atoms with Gasteiger partial charge in [-0.05, 0) is 28.4 Å². The summed E-state index contributed by atoms with van der Waals surface area (Å²) < 4.78 is 27.0. The Kier molecular flexibility index (Phi) is 4.06. The van der Waals surface area contributed by atoms with E-state index < -0.39 is 27.9 Å². The van der Waals surface area contributed by atoms with E-state index in [0.29, 0.717) is 4.47 Å². The lowest BCUT2D eigenvalue weighted by molar-refractivity contribution is -0.134. The van der Waals surface area contributed by atoms with Crippen molar-refractivity contribution in [1.82, 2.24) is 15.0 Å². The smallest absolute Gasteiger partial charge is 0.244 e. The average Bonchev–Trinajstić information content (AvgIpc) is 2.35. The predicted octanol–water partition coefficient (Wildman–Crippen LogP) is -0.490. The van der Waals surface area contributed by atoms with Gasteiger partial charge in [0.1, 0.15) is 16.8 Å². The topological polar surface area (TPSA) is 131 Å². The van der Waals surface area contributed by atoms with Crippen LogP contribution in [0.1, 0.15) is 12.8 Å². The monoisotopic (exact) mass is 362 g/mol. The maximum absolute atomic E-state index is 12.2. The Balaban J connectivity index is 2.25. The van der Waals surface area contributed by atoms with Gasteiger partial charge < -0.3 is 5.73 Å². The molecule has 108 valence electrons. The fourth-order valence-electron chi connectivity index (χ4n) is 1.70. The van der Waals surface area contributed by atoms with Gasteiger partial charge in [-0.1, -0.05) is 0 Å². The molecule has 0 aromatic carbocycles. The molecule has 1 atom stereocenters. The van der Waals surface area contributed by atoms with Gasteiger partial charge in [-0.25, -0.2) is 13.4 Å². The molecule has 1 aromatic rings. The van der Waals surface area contributed by atoms with E-state index in [-0.39, 0.29) is 23.6 Å². The van der Waals surface area contributed by atoms with E-state index in [2.05, 4.69) is 31.0 Å². The van der Waals surface area contributed by atoms with Crippen molar-refractivity contribution in [2.75, 3.05) is 5.73 Å². The van der Waals surface area contributed by atoms with Gasteiger partial charge in [0, 0.05) is 17.1 Å². The molecule has 1 saturated heterocycles. The highest BCUT2D eigenvalue weighted by Crippen LogP contribution is 2.21. The highest BCUT2D eigenvalue weighted by molar-refractivity contribution is 9.10. The number of nitrogens with one attached hydrogen (secondary N) is 2. The van der Waals surface area contributed by atoms with Crippen LogP contribution in [0.25, 0.3) is 0 Å². The molecule has 0 aliphatic carbocycles. The molecule has 1 unspecified atom stereocenters. The van der Waals surface area contributed by atoms with Gasteiger partial charge in [0.25, 0.3) is 0 Å². The van der Waals surface area contributed by atoms with Crippen LogP contribution >= 0.6 is 15.9 Å². The van der Waals surface area contributed by atoms with Gasteiger partial charge in [0.2, 0.25) is 21.8 Å². The van der Waals surface area contributed by atoms with Gasteiger partial charge >= 0.3 is 0 Å². The summed E-state index contributed by atoms with van der Waals surface area (Å²) in [4.78, 5) is 26.1. The number of pyridine rings is 1. The molecular formula is C10H11BrN4O4S. The molecule has 0 saturated carbocycles. The Labute approximate surface area is 123 Å². The van der Waals surface area contributed by atoms with Crippen LogP contribution in [-0.4, -0.2) is 31.3 Å². The lowest BCUT2D eigenvalue weighted by atomic mass is 10.1. The number of imide groups is 1. The molecular weight excluding hydrogens is 352 g/mol. The predicted molar refractivity (Wildman–Crippen MR) is 72.8 cm³/mol. The van der Waals surface area contributed by atoms with Gasteiger partial charge in [-0.15, -0.1) is 0 Å². The van der Waals surface area contributed by atoms with Crippen molar-refractivity contribution in [3.05, 3.63) is 16.7 Å². The number of nitrogen functional groups attached to an aromatic ring is 1. The first-order chi connectivity index (χ1) is 9.29. The van der Waals surface area contributed by atoms with Crippen molar-refractivity contribution in [3.8, 4) is 0 Å². The summed E-state index contributed by atoms with van der Waals surface area (Å²) in [5.74, 6) is -1.27. The number of halogens is 1. The zero-order chi connectivity index (χ0) is 14.9. The number of carbonyl (C=O) groups is 2. The Hall–Kier alpha value is -1.52. The molecule has 2 amide bonds. The van der Waals surface area contributed by atoms with Crippen LogP contribution < -0.4 is 15.8 Å². The number of carbonyl (C=O) groups excluding carboxylic acids is 2. The number of nitrogens with two attached hydrogens (primary N) is 1. The first-order valence-corrected chi connectivity index (χ1v) is 7.84. The van der Waals surface area contributed by atoms with Gasteiger partial charge in [-0.2, -0.15) is 4.72 Å². The van der Waals surface area contributed by atoms with E-state index in [4.69, 9.17) is 5.73 Å². The lowest BCUT2D eigenvalue weighted by Gasteiger charge is -2.21. The minimum atomic E-state index is -4.00. The summed E-state index contributed by atoms with van der Waals surface area (Å²) in [6.45, 7) is 0. The van der Waals surface area contributed by atoms with Crippen LogP contribution in [0, 0.1) is 0 Å². The number of hydrogen-bond donors (Lipinski definition) is 3. The van der Waals surface area contributed by atoms with Gasteiger partial charge in [-0.3, -0.25) is 14.9 Å². The van der Waals surface area contributed by atoms with Gasteiger partial charge in [0.05, 0.1) is 0 Å². The third-order valence-electron chi connectivity index (χ3n) is 2.67.